The van der Waals surface area contributed by atoms with Crippen molar-refractivity contribution >= 4 is 78.5 Å². The van der Waals surface area contributed by atoms with Gasteiger partial charge in [-0.05, 0) is 119 Å². The number of hydrogen-bond acceptors (Lipinski definition) is 5. The molecule has 4 rings (SSSR count). The fourth-order valence-corrected chi connectivity index (χ4v) is 4.22. The first kappa shape index (κ1) is 23.7. The number of anilines is 1. The summed E-state index contributed by atoms with van der Waals surface area (Å²) in [6.07, 6.45) is 0.0182. The number of rotatable bonds is 5. The molecule has 6 nitrogen and oxygen atoms in total. The van der Waals surface area contributed by atoms with Crippen LogP contribution >= 0.6 is 50.7 Å². The van der Waals surface area contributed by atoms with Crippen molar-refractivity contribution in [1.29, 1.82) is 0 Å². The van der Waals surface area contributed by atoms with E-state index in [1.54, 1.807) is 18.2 Å². The van der Waals surface area contributed by atoms with Gasteiger partial charge in [0, 0.05) is 19.3 Å². The van der Waals surface area contributed by atoms with Crippen LogP contribution in [-0.2, 0) is 0 Å². The van der Waals surface area contributed by atoms with Crippen LogP contribution < -0.4 is 15.4 Å². The van der Waals surface area contributed by atoms with E-state index < -0.39 is 0 Å². The number of fused-ring (bicyclic) bond motifs is 1. The van der Waals surface area contributed by atoms with Gasteiger partial charge < -0.3 is 14.5 Å². The molecule has 1 heterocycles. The highest BCUT2D eigenvalue weighted by atomic mass is 127. The largest absolute Gasteiger partial charge is 0.491 e. The Bertz CT molecular complexity index is 1360. The number of nitrogens with one attached hydrogen (secondary N) is 2. The fraction of sp³-hybridized carbons (Fsp3) is 0.125. The van der Waals surface area contributed by atoms with E-state index in [2.05, 4.69) is 54.1 Å². The molecule has 0 bridgehead atoms. The third-order valence-corrected chi connectivity index (χ3v) is 6.07. The maximum atomic E-state index is 12.6. The van der Waals surface area contributed by atoms with Crippen LogP contribution in [-0.4, -0.2) is 22.1 Å². The lowest BCUT2D eigenvalue weighted by atomic mass is 10.2. The van der Waals surface area contributed by atoms with Crippen molar-refractivity contribution in [2.24, 2.45) is 0 Å². The Morgan fingerprint density at radius 2 is 1.97 bits per heavy atom. The van der Waals surface area contributed by atoms with Crippen molar-refractivity contribution in [3.05, 3.63) is 74.3 Å². The Balaban J connectivity index is 1.47. The highest BCUT2D eigenvalue weighted by molar-refractivity contribution is 14.1. The normalized spacial score (nSPS) is 10.9. The van der Waals surface area contributed by atoms with E-state index in [-0.39, 0.29) is 17.1 Å². The summed E-state index contributed by atoms with van der Waals surface area (Å²) in [6, 6.07) is 18.4. The summed E-state index contributed by atoms with van der Waals surface area (Å²) >= 11 is 11.1. The van der Waals surface area contributed by atoms with Crippen molar-refractivity contribution in [2.45, 2.75) is 20.0 Å². The monoisotopic (exact) mass is 635 g/mol. The molecule has 0 aliphatic carbocycles. The van der Waals surface area contributed by atoms with Crippen molar-refractivity contribution in [1.82, 2.24) is 10.3 Å². The molecule has 9 heteroatoms. The van der Waals surface area contributed by atoms with E-state index in [4.69, 9.17) is 21.4 Å². The van der Waals surface area contributed by atoms with Gasteiger partial charge in [-0.15, -0.1) is 0 Å². The number of benzene rings is 3. The number of aromatic nitrogens is 1. The molecule has 1 aromatic heterocycles. The van der Waals surface area contributed by atoms with Crippen LogP contribution in [0.25, 0.3) is 22.6 Å². The lowest BCUT2D eigenvalue weighted by molar-refractivity contribution is 0.0977. The predicted octanol–water partition coefficient (Wildman–Crippen LogP) is 6.78. The summed E-state index contributed by atoms with van der Waals surface area (Å²) in [7, 11) is 0. The van der Waals surface area contributed by atoms with Crippen LogP contribution in [0.5, 0.6) is 5.75 Å². The molecular weight excluding hydrogens is 617 g/mol. The highest BCUT2D eigenvalue weighted by Gasteiger charge is 2.14. The second kappa shape index (κ2) is 10.2. The van der Waals surface area contributed by atoms with Crippen LogP contribution in [0, 0.1) is 3.57 Å². The van der Waals surface area contributed by atoms with Crippen molar-refractivity contribution in [2.75, 3.05) is 5.32 Å². The number of carbonyl (C=O) groups is 1. The average molecular weight is 636 g/mol. The van der Waals surface area contributed by atoms with Crippen LogP contribution in [0.2, 0.25) is 0 Å². The zero-order chi connectivity index (χ0) is 23.5. The molecule has 3 aromatic carbocycles. The van der Waals surface area contributed by atoms with Gasteiger partial charge in [0.2, 0.25) is 5.89 Å². The Morgan fingerprint density at radius 1 is 1.15 bits per heavy atom. The van der Waals surface area contributed by atoms with Crippen LogP contribution in [0.4, 0.5) is 5.69 Å². The minimum atomic E-state index is -0.324. The van der Waals surface area contributed by atoms with E-state index >= 15 is 0 Å². The van der Waals surface area contributed by atoms with Gasteiger partial charge in [0.1, 0.15) is 11.3 Å². The first-order chi connectivity index (χ1) is 15.8. The van der Waals surface area contributed by atoms with Crippen molar-refractivity contribution < 1.29 is 13.9 Å². The summed E-state index contributed by atoms with van der Waals surface area (Å²) in [5.74, 6) is 0.825. The van der Waals surface area contributed by atoms with Crippen molar-refractivity contribution in [3.63, 3.8) is 0 Å². The van der Waals surface area contributed by atoms with Gasteiger partial charge in [-0.3, -0.25) is 10.1 Å². The van der Waals surface area contributed by atoms with Gasteiger partial charge in [0.05, 0.1) is 11.7 Å². The molecule has 4 aromatic rings. The number of hydrogen-bond donors (Lipinski definition) is 2. The van der Waals surface area contributed by atoms with Gasteiger partial charge in [-0.25, -0.2) is 4.98 Å². The lowest BCUT2D eigenvalue weighted by Crippen LogP contribution is -2.34. The first-order valence-corrected chi connectivity index (χ1v) is 12.3. The molecule has 0 saturated heterocycles. The summed E-state index contributed by atoms with van der Waals surface area (Å²) in [4.78, 5) is 17.2. The Kier molecular flexibility index (Phi) is 7.30. The molecule has 2 N–H and O–H groups in total. The minimum absolute atomic E-state index is 0.0182. The molecule has 0 radical (unpaired) electrons. The maximum Gasteiger partial charge on any atom is 0.257 e. The average Bonchev–Trinajstić information content (AvgIpc) is 3.18. The predicted molar refractivity (Wildman–Crippen MR) is 146 cm³/mol. The molecule has 168 valence electrons. The Hall–Kier alpha value is -2.50. The number of ether oxygens (including phenoxy) is 1. The van der Waals surface area contributed by atoms with E-state index in [9.17, 15) is 4.79 Å². The zero-order valence-electron chi connectivity index (χ0n) is 17.7. The van der Waals surface area contributed by atoms with E-state index in [0.717, 1.165) is 13.6 Å². The van der Waals surface area contributed by atoms with Crippen molar-refractivity contribution in [3.8, 4) is 17.2 Å². The Labute approximate surface area is 218 Å². The van der Waals surface area contributed by atoms with E-state index in [1.165, 1.54) is 0 Å². The van der Waals surface area contributed by atoms with E-state index in [1.807, 2.05) is 56.3 Å². The molecule has 0 atom stereocenters. The maximum absolute atomic E-state index is 12.6. The molecule has 1 amide bonds. The highest BCUT2D eigenvalue weighted by Crippen LogP contribution is 2.32. The number of amides is 1. The number of halogens is 2. The van der Waals surface area contributed by atoms with Crippen LogP contribution in [0.1, 0.15) is 24.2 Å². The third kappa shape index (κ3) is 5.90. The standard InChI is InChI=1S/C24H19BrIN3O3S/c1-13(2)31-17-5-3-4-14(10-17)22(30)29-24(33)27-16-7-9-21-20(12-16)28-23(32-21)18-11-15(26)6-8-19(18)25/h3-13H,1-2H3,(H2,27,29,30,33). The zero-order valence-corrected chi connectivity index (χ0v) is 22.2. The molecule has 0 spiro atoms. The molecular formula is C24H19BrIN3O3S. The molecule has 0 aliphatic heterocycles. The van der Waals surface area contributed by atoms with E-state index in [0.29, 0.717) is 34.0 Å². The van der Waals surface area contributed by atoms with Gasteiger partial charge in [0.25, 0.3) is 5.91 Å². The first-order valence-electron chi connectivity index (χ1n) is 10.0. The third-order valence-electron chi connectivity index (χ3n) is 4.50. The number of nitrogens with zero attached hydrogens (tertiary/aromatic N) is 1. The molecule has 0 aliphatic rings. The number of carbonyl (C=O) groups excluding carboxylic acids is 1. The van der Waals surface area contributed by atoms with Gasteiger partial charge in [-0.1, -0.05) is 6.07 Å². The van der Waals surface area contributed by atoms with Gasteiger partial charge in [-0.2, -0.15) is 0 Å². The SMILES string of the molecule is CC(C)Oc1cccc(C(=O)NC(=S)Nc2ccc3oc(-c4cc(I)ccc4Br)nc3c2)c1. The summed E-state index contributed by atoms with van der Waals surface area (Å²) in [5.41, 5.74) is 3.34. The molecule has 33 heavy (non-hydrogen) atoms. The molecule has 0 fully saturated rings. The number of oxazole rings is 1. The lowest BCUT2D eigenvalue weighted by Gasteiger charge is -2.12. The summed E-state index contributed by atoms with van der Waals surface area (Å²) in [6.45, 7) is 3.86. The topological polar surface area (TPSA) is 76.4 Å². The Morgan fingerprint density at radius 3 is 2.76 bits per heavy atom. The smallest absolute Gasteiger partial charge is 0.257 e. The fourth-order valence-electron chi connectivity index (χ4n) is 3.10. The van der Waals surface area contributed by atoms with Gasteiger partial charge in [0.15, 0.2) is 10.7 Å². The summed E-state index contributed by atoms with van der Waals surface area (Å²) in [5, 5.41) is 5.90. The van der Waals surface area contributed by atoms with Gasteiger partial charge >= 0.3 is 0 Å². The molecule has 0 unspecified atom stereocenters. The minimum Gasteiger partial charge on any atom is -0.491 e. The molecule has 0 saturated carbocycles. The van der Waals surface area contributed by atoms with Crippen LogP contribution in [0.3, 0.4) is 0 Å². The second-order valence-corrected chi connectivity index (χ2v) is 9.94. The summed E-state index contributed by atoms with van der Waals surface area (Å²) < 4.78 is 13.6. The second-order valence-electron chi connectivity index (χ2n) is 7.43. The quantitative estimate of drug-likeness (QED) is 0.186. The van der Waals surface area contributed by atoms with Crippen LogP contribution in [0.15, 0.2) is 69.6 Å². The number of thiocarbonyl (C=S) groups is 1.